The highest BCUT2D eigenvalue weighted by molar-refractivity contribution is 6.07. The minimum absolute atomic E-state index is 0.251. The second-order valence-corrected chi connectivity index (χ2v) is 18.9. The highest BCUT2D eigenvalue weighted by atomic mass is 16.6. The Bertz CT molecular complexity index is 2180. The molecule has 2 aromatic heterocycles. The smallest absolute Gasteiger partial charge is 0.205 e. The first kappa shape index (κ1) is 68.2. The number of benzene rings is 2. The number of nitrogens with one attached hydrogen (secondary N) is 2. The highest BCUT2D eigenvalue weighted by Crippen LogP contribution is 2.44. The van der Waals surface area contributed by atoms with E-state index < -0.39 is 5.78 Å². The van der Waals surface area contributed by atoms with Crippen molar-refractivity contribution in [1.82, 2.24) is 9.97 Å². The summed E-state index contributed by atoms with van der Waals surface area (Å²) in [6.45, 7) is 21.8. The number of hydrogen-bond acceptors (Lipinski definition) is 16. The molecule has 0 saturated carbocycles. The molecule has 0 amide bonds. The number of carbonyl (C=O) groups excluding carboxylic acids is 1. The summed E-state index contributed by atoms with van der Waals surface area (Å²) in [5, 5.41) is 11.5. The minimum atomic E-state index is -0.444. The van der Waals surface area contributed by atoms with Crippen LogP contribution in [0.1, 0.15) is 135 Å². The van der Waals surface area contributed by atoms with Crippen molar-refractivity contribution in [2.75, 3.05) is 145 Å². The van der Waals surface area contributed by atoms with E-state index in [0.29, 0.717) is 182 Å². The van der Waals surface area contributed by atoms with Gasteiger partial charge >= 0.3 is 0 Å². The zero-order valence-electron chi connectivity index (χ0n) is 49.8. The molecule has 18 heteroatoms. The van der Waals surface area contributed by atoms with Gasteiger partial charge in [-0.15, -0.1) is 0 Å². The molecule has 81 heavy (non-hydrogen) atoms. The molecule has 4 rings (SSSR count). The SMILES string of the molecule is CCCCCCCCOc1c(OCCOCCOCC)cc(-c2ccc(C(=O)/C=C(\O)c3ccc(-c4cc(OCCOCCOCC)c(OCCCCCCCC)c(OCCOCCOCC)c4)[nH]3)[nH]2)cc1OCCOCCOCC. The van der Waals surface area contributed by atoms with Gasteiger partial charge in [0.2, 0.25) is 17.3 Å². The van der Waals surface area contributed by atoms with Crippen LogP contribution in [0.15, 0.2) is 54.6 Å². The Morgan fingerprint density at radius 3 is 1.04 bits per heavy atom. The minimum Gasteiger partial charge on any atom is -0.506 e. The molecule has 0 spiro atoms. The molecule has 4 aromatic rings. The third-order valence-electron chi connectivity index (χ3n) is 12.6. The van der Waals surface area contributed by atoms with E-state index in [1.165, 1.54) is 44.6 Å². The van der Waals surface area contributed by atoms with Gasteiger partial charge in [-0.25, -0.2) is 0 Å². The number of ketones is 1. The molecular formula is C63H98N2O16. The number of H-pyrrole nitrogens is 2. The van der Waals surface area contributed by atoms with Crippen molar-refractivity contribution in [3.05, 3.63) is 66.0 Å². The van der Waals surface area contributed by atoms with E-state index in [2.05, 4.69) is 23.8 Å². The van der Waals surface area contributed by atoms with Crippen LogP contribution in [0.2, 0.25) is 0 Å². The van der Waals surface area contributed by atoms with Crippen LogP contribution in [0.25, 0.3) is 28.3 Å². The van der Waals surface area contributed by atoms with E-state index in [-0.39, 0.29) is 37.9 Å². The molecule has 0 bridgehead atoms. The summed E-state index contributed by atoms with van der Waals surface area (Å²) in [6, 6.07) is 14.5. The lowest BCUT2D eigenvalue weighted by atomic mass is 10.1. The van der Waals surface area contributed by atoms with E-state index in [1.807, 2.05) is 58.0 Å². The molecule has 0 aliphatic heterocycles. The number of aliphatic hydroxyl groups is 1. The Labute approximate surface area is 483 Å². The summed E-state index contributed by atoms with van der Waals surface area (Å²) in [5.41, 5.74) is 3.24. The molecule has 2 heterocycles. The third-order valence-corrected chi connectivity index (χ3v) is 12.6. The number of rotatable bonds is 53. The first-order chi connectivity index (χ1) is 39.9. The van der Waals surface area contributed by atoms with Crippen LogP contribution < -0.4 is 28.4 Å². The lowest BCUT2D eigenvalue weighted by molar-refractivity contribution is 0.0387. The maximum Gasteiger partial charge on any atom is 0.205 e. The van der Waals surface area contributed by atoms with Crippen LogP contribution >= 0.6 is 0 Å². The maximum atomic E-state index is 13.9. The molecular weight excluding hydrogens is 1040 g/mol. The van der Waals surface area contributed by atoms with E-state index in [4.69, 9.17) is 66.3 Å². The fourth-order valence-corrected chi connectivity index (χ4v) is 8.29. The Morgan fingerprint density at radius 1 is 0.370 bits per heavy atom. The standard InChI is InChI=1S/C63H98N2O16/c1-7-13-15-17-19-21-27-80-62-58(76-41-37-72-33-29-68-9-3)45-50(46-59(62)77-42-38-73-34-30-69-10-4)52-23-25-54(64-52)56(66)49-57(67)55-26-24-53(65-55)51-47-60(78-43-39-74-35-31-70-11-5)63(81-28-22-20-18-16-14-8-2)61(48-51)79-44-40-75-36-32-71-12-6/h23-26,45-49,64-66H,7-22,27-44H2,1-6H3/b56-49-. The number of aromatic nitrogens is 2. The Hall–Kier alpha value is -5.31. The Morgan fingerprint density at radius 2 is 0.679 bits per heavy atom. The van der Waals surface area contributed by atoms with Gasteiger partial charge in [0.15, 0.2) is 23.0 Å². The molecule has 0 unspecified atom stereocenters. The van der Waals surface area contributed by atoms with Gasteiger partial charge in [-0.2, -0.15) is 0 Å². The number of aromatic amines is 2. The molecule has 0 fully saturated rings. The summed E-state index contributed by atoms with van der Waals surface area (Å²) in [5.74, 6) is 2.16. The topological polar surface area (TPSA) is 198 Å². The molecule has 0 atom stereocenters. The highest BCUT2D eigenvalue weighted by Gasteiger charge is 2.21. The lowest BCUT2D eigenvalue weighted by Crippen LogP contribution is -2.13. The van der Waals surface area contributed by atoms with Crippen LogP contribution in [0.3, 0.4) is 0 Å². The van der Waals surface area contributed by atoms with Crippen LogP contribution in [0, 0.1) is 0 Å². The molecule has 18 nitrogen and oxygen atoms in total. The molecule has 456 valence electrons. The molecule has 0 radical (unpaired) electrons. The molecule has 2 aromatic carbocycles. The van der Waals surface area contributed by atoms with Gasteiger partial charge in [0.05, 0.1) is 104 Å². The van der Waals surface area contributed by atoms with Crippen molar-refractivity contribution < 1.29 is 76.2 Å². The largest absolute Gasteiger partial charge is 0.506 e. The lowest BCUT2D eigenvalue weighted by Gasteiger charge is -2.19. The quantitative estimate of drug-likeness (QED) is 0.0163. The predicted molar refractivity (Wildman–Crippen MR) is 316 cm³/mol. The van der Waals surface area contributed by atoms with Gasteiger partial charge in [0.1, 0.15) is 32.2 Å². The fraction of sp³-hybridized carbons (Fsp3) is 0.635. The van der Waals surface area contributed by atoms with Crippen molar-refractivity contribution in [2.45, 2.75) is 119 Å². The number of carbonyl (C=O) groups is 1. The van der Waals surface area contributed by atoms with Crippen LogP contribution in [-0.2, 0) is 37.9 Å². The average molecular weight is 1140 g/mol. The summed E-state index contributed by atoms with van der Waals surface area (Å²) >= 11 is 0. The summed E-state index contributed by atoms with van der Waals surface area (Å²) in [4.78, 5) is 20.5. The van der Waals surface area contributed by atoms with Crippen LogP contribution in [-0.4, -0.2) is 166 Å². The van der Waals surface area contributed by atoms with Crippen molar-refractivity contribution in [2.24, 2.45) is 0 Å². The first-order valence-electron chi connectivity index (χ1n) is 30.0. The van der Waals surface area contributed by atoms with Crippen molar-refractivity contribution in [3.8, 4) is 57.0 Å². The number of unbranched alkanes of at least 4 members (excludes halogenated alkanes) is 10. The summed E-state index contributed by atoms with van der Waals surface area (Å²) < 4.78 is 83.1. The molecule has 3 N–H and O–H groups in total. The van der Waals surface area contributed by atoms with Crippen LogP contribution in [0.5, 0.6) is 34.5 Å². The number of ether oxygens (including phenoxy) is 14. The van der Waals surface area contributed by atoms with Gasteiger partial charge in [0, 0.05) is 55.0 Å². The van der Waals surface area contributed by atoms with Gasteiger partial charge in [-0.1, -0.05) is 78.1 Å². The van der Waals surface area contributed by atoms with Crippen molar-refractivity contribution in [1.29, 1.82) is 0 Å². The second-order valence-electron chi connectivity index (χ2n) is 18.9. The fourth-order valence-electron chi connectivity index (χ4n) is 8.29. The van der Waals surface area contributed by atoms with Gasteiger partial charge in [0.25, 0.3) is 0 Å². The van der Waals surface area contributed by atoms with E-state index in [0.717, 1.165) is 38.5 Å². The zero-order chi connectivity index (χ0) is 57.8. The molecule has 0 aliphatic carbocycles. The zero-order valence-corrected chi connectivity index (χ0v) is 49.8. The molecule has 0 saturated heterocycles. The monoisotopic (exact) mass is 1140 g/mol. The van der Waals surface area contributed by atoms with Crippen molar-refractivity contribution >= 4 is 11.5 Å². The van der Waals surface area contributed by atoms with E-state index >= 15 is 0 Å². The number of hydrogen-bond donors (Lipinski definition) is 3. The van der Waals surface area contributed by atoms with Crippen molar-refractivity contribution in [3.63, 3.8) is 0 Å². The van der Waals surface area contributed by atoms with E-state index in [9.17, 15) is 9.90 Å². The number of aliphatic hydroxyl groups excluding tert-OH is 1. The maximum absolute atomic E-state index is 13.9. The van der Waals surface area contributed by atoms with E-state index in [1.54, 1.807) is 18.2 Å². The predicted octanol–water partition coefficient (Wildman–Crippen LogP) is 12.7. The Balaban J connectivity index is 1.61. The Kier molecular flexibility index (Phi) is 37.3. The normalized spacial score (nSPS) is 11.6. The summed E-state index contributed by atoms with van der Waals surface area (Å²) in [7, 11) is 0. The number of allylic oxidation sites excluding steroid dienone is 1. The van der Waals surface area contributed by atoms with Crippen LogP contribution in [0.4, 0.5) is 0 Å². The second kappa shape index (κ2) is 44.3. The average Bonchev–Trinajstić information content (AvgIpc) is 4.25. The third kappa shape index (κ3) is 28.0. The van der Waals surface area contributed by atoms with Gasteiger partial charge in [-0.05, 0) is 89.1 Å². The summed E-state index contributed by atoms with van der Waals surface area (Å²) in [6.07, 6.45) is 14.5. The van der Waals surface area contributed by atoms with Gasteiger partial charge in [-0.3, -0.25) is 4.79 Å². The molecule has 0 aliphatic rings. The van der Waals surface area contributed by atoms with Gasteiger partial charge < -0.3 is 81.4 Å². The first-order valence-corrected chi connectivity index (χ1v) is 30.0.